The Morgan fingerprint density at radius 3 is 1.50 bits per heavy atom. The lowest BCUT2D eigenvalue weighted by atomic mass is 9.85. The molecule has 0 aromatic carbocycles. The zero-order chi connectivity index (χ0) is 23.9. The van der Waals surface area contributed by atoms with E-state index in [4.69, 9.17) is 14.2 Å². The highest BCUT2D eigenvalue weighted by atomic mass is 16.6. The van der Waals surface area contributed by atoms with E-state index in [2.05, 4.69) is 10.6 Å². The molecule has 2 fully saturated rings. The highest BCUT2D eigenvalue weighted by molar-refractivity contribution is 5.72. The number of carbonyl (C=O) groups excluding carboxylic acids is 3. The normalized spacial score (nSPS) is 26.6. The van der Waals surface area contributed by atoms with E-state index in [1.807, 2.05) is 41.5 Å². The van der Waals surface area contributed by atoms with Gasteiger partial charge in [0.15, 0.2) is 0 Å². The number of nitrogens with one attached hydrogen (secondary N) is 2. The van der Waals surface area contributed by atoms with Crippen LogP contribution >= 0.6 is 0 Å². The van der Waals surface area contributed by atoms with E-state index in [-0.39, 0.29) is 30.1 Å². The van der Waals surface area contributed by atoms with Crippen LogP contribution in [0.25, 0.3) is 0 Å². The van der Waals surface area contributed by atoms with E-state index < -0.39 is 17.3 Å². The molecule has 2 amide bonds. The van der Waals surface area contributed by atoms with Crippen LogP contribution in [0.2, 0.25) is 0 Å². The number of alkyl carbamates (subject to hydrolysis) is 2. The zero-order valence-electron chi connectivity index (χ0n) is 20.6. The fourth-order valence-corrected chi connectivity index (χ4v) is 4.21. The Hall–Kier alpha value is -1.99. The van der Waals surface area contributed by atoms with Crippen LogP contribution in [-0.4, -0.2) is 48.0 Å². The molecule has 0 bridgehead atoms. The number of esters is 1. The summed E-state index contributed by atoms with van der Waals surface area (Å²) in [7, 11) is 0. The van der Waals surface area contributed by atoms with Gasteiger partial charge in [0, 0.05) is 12.1 Å². The number of carbonyl (C=O) groups is 3. The first-order valence-electron chi connectivity index (χ1n) is 12.0. The first-order valence-corrected chi connectivity index (χ1v) is 12.0. The molecule has 2 aliphatic rings. The SMILES string of the molecule is CC(C)(C)OC(=O)NC1CCC(COC(=O)C2CCC(NC(=O)OC(C)(C)C)CC2)CC1. The molecule has 2 N–H and O–H groups in total. The van der Waals surface area contributed by atoms with Crippen molar-refractivity contribution in [2.45, 2.75) is 116 Å². The number of hydrogen-bond acceptors (Lipinski definition) is 6. The summed E-state index contributed by atoms with van der Waals surface area (Å²) < 4.78 is 16.2. The molecule has 0 radical (unpaired) electrons. The molecule has 0 saturated heterocycles. The molecule has 0 heterocycles. The second-order valence-electron chi connectivity index (χ2n) is 11.2. The van der Waals surface area contributed by atoms with E-state index in [0.717, 1.165) is 38.5 Å². The number of ether oxygens (including phenoxy) is 3. The van der Waals surface area contributed by atoms with Gasteiger partial charge >= 0.3 is 18.2 Å². The third-order valence-electron chi connectivity index (χ3n) is 5.81. The van der Waals surface area contributed by atoms with Crippen molar-refractivity contribution in [1.29, 1.82) is 0 Å². The molecule has 0 aromatic heterocycles. The fraction of sp³-hybridized carbons (Fsp3) is 0.875. The molecular weight excluding hydrogens is 412 g/mol. The van der Waals surface area contributed by atoms with E-state index in [0.29, 0.717) is 25.4 Å². The summed E-state index contributed by atoms with van der Waals surface area (Å²) in [6.07, 6.45) is 5.72. The van der Waals surface area contributed by atoms with Crippen LogP contribution in [-0.2, 0) is 19.0 Å². The minimum atomic E-state index is -0.518. The third kappa shape index (κ3) is 10.1. The second kappa shape index (κ2) is 11.2. The maximum atomic E-state index is 12.5. The summed E-state index contributed by atoms with van der Waals surface area (Å²) in [5.74, 6) is 0.104. The van der Waals surface area contributed by atoms with E-state index in [9.17, 15) is 14.4 Å². The predicted octanol–water partition coefficient (Wildman–Crippen LogP) is 4.70. The molecule has 2 aliphatic carbocycles. The number of amides is 2. The average Bonchev–Trinajstić information content (AvgIpc) is 2.64. The Morgan fingerprint density at radius 2 is 1.09 bits per heavy atom. The summed E-state index contributed by atoms with van der Waals surface area (Å²) in [5, 5.41) is 5.83. The molecular formula is C24H42N2O6. The summed E-state index contributed by atoms with van der Waals surface area (Å²) in [5.41, 5.74) is -1.02. The lowest BCUT2D eigenvalue weighted by molar-refractivity contribution is -0.151. The average molecular weight is 455 g/mol. The van der Waals surface area contributed by atoms with Gasteiger partial charge in [-0.15, -0.1) is 0 Å². The summed E-state index contributed by atoms with van der Waals surface area (Å²) >= 11 is 0. The molecule has 0 atom stereocenters. The fourth-order valence-electron chi connectivity index (χ4n) is 4.21. The molecule has 0 aliphatic heterocycles. The van der Waals surface area contributed by atoms with Gasteiger partial charge in [-0.25, -0.2) is 9.59 Å². The van der Waals surface area contributed by atoms with Crippen molar-refractivity contribution in [1.82, 2.24) is 10.6 Å². The standard InChI is InChI=1S/C24H42N2O6/c1-23(2,3)31-21(28)25-18-11-7-16(8-12-18)15-30-20(27)17-9-13-19(14-10-17)26-22(29)32-24(4,5)6/h16-19H,7-15H2,1-6H3,(H,25,28)(H,26,29). The van der Waals surface area contributed by atoms with Crippen molar-refractivity contribution in [2.24, 2.45) is 11.8 Å². The molecule has 184 valence electrons. The van der Waals surface area contributed by atoms with E-state index >= 15 is 0 Å². The van der Waals surface area contributed by atoms with Crippen molar-refractivity contribution in [3.05, 3.63) is 0 Å². The van der Waals surface area contributed by atoms with Gasteiger partial charge in [-0.05, 0) is 98.8 Å². The monoisotopic (exact) mass is 454 g/mol. The zero-order valence-corrected chi connectivity index (χ0v) is 20.6. The van der Waals surface area contributed by atoms with Gasteiger partial charge in [-0.1, -0.05) is 0 Å². The maximum absolute atomic E-state index is 12.5. The molecule has 8 nitrogen and oxygen atoms in total. The highest BCUT2D eigenvalue weighted by Gasteiger charge is 2.30. The molecule has 2 saturated carbocycles. The van der Waals surface area contributed by atoms with Crippen LogP contribution in [0.15, 0.2) is 0 Å². The largest absolute Gasteiger partial charge is 0.465 e. The molecule has 0 unspecified atom stereocenters. The van der Waals surface area contributed by atoms with Crippen LogP contribution < -0.4 is 10.6 Å². The Balaban J connectivity index is 1.61. The summed E-state index contributed by atoms with van der Waals surface area (Å²) in [6, 6.07) is 0.159. The lowest BCUT2D eigenvalue weighted by Crippen LogP contribution is -2.42. The first-order chi connectivity index (χ1) is 14.8. The summed E-state index contributed by atoms with van der Waals surface area (Å²) in [6.45, 7) is 11.5. The van der Waals surface area contributed by atoms with Crippen molar-refractivity contribution in [2.75, 3.05) is 6.61 Å². The topological polar surface area (TPSA) is 103 Å². The minimum Gasteiger partial charge on any atom is -0.465 e. The first kappa shape index (κ1) is 26.3. The molecule has 2 rings (SSSR count). The molecule has 8 heteroatoms. The lowest BCUT2D eigenvalue weighted by Gasteiger charge is -2.31. The highest BCUT2D eigenvalue weighted by Crippen LogP contribution is 2.28. The van der Waals surface area contributed by atoms with E-state index in [1.54, 1.807) is 0 Å². The Bertz CT molecular complexity index is 636. The van der Waals surface area contributed by atoms with Crippen LogP contribution in [0.4, 0.5) is 9.59 Å². The van der Waals surface area contributed by atoms with Crippen LogP contribution in [0.3, 0.4) is 0 Å². The number of hydrogen-bond donors (Lipinski definition) is 2. The molecule has 0 aromatic rings. The minimum absolute atomic E-state index is 0.0432. The molecule has 32 heavy (non-hydrogen) atoms. The summed E-state index contributed by atoms with van der Waals surface area (Å²) in [4.78, 5) is 36.3. The van der Waals surface area contributed by atoms with Gasteiger partial charge in [0.2, 0.25) is 0 Å². The van der Waals surface area contributed by atoms with Gasteiger partial charge in [-0.2, -0.15) is 0 Å². The Kier molecular flexibility index (Phi) is 9.22. The van der Waals surface area contributed by atoms with Crippen molar-refractivity contribution in [3.8, 4) is 0 Å². The van der Waals surface area contributed by atoms with Crippen LogP contribution in [0, 0.1) is 11.8 Å². The predicted molar refractivity (Wildman–Crippen MR) is 121 cm³/mol. The maximum Gasteiger partial charge on any atom is 0.407 e. The van der Waals surface area contributed by atoms with Crippen molar-refractivity contribution in [3.63, 3.8) is 0 Å². The number of rotatable bonds is 5. The molecule has 0 spiro atoms. The Morgan fingerprint density at radius 1 is 0.688 bits per heavy atom. The third-order valence-corrected chi connectivity index (χ3v) is 5.81. The van der Waals surface area contributed by atoms with Crippen LogP contribution in [0.1, 0.15) is 92.9 Å². The van der Waals surface area contributed by atoms with E-state index in [1.165, 1.54) is 0 Å². The van der Waals surface area contributed by atoms with Crippen molar-refractivity contribution >= 4 is 18.2 Å². The smallest absolute Gasteiger partial charge is 0.407 e. The Labute approximate surface area is 192 Å². The quantitative estimate of drug-likeness (QED) is 0.461. The van der Waals surface area contributed by atoms with Gasteiger partial charge in [0.05, 0.1) is 12.5 Å². The van der Waals surface area contributed by atoms with Gasteiger partial charge < -0.3 is 24.8 Å². The van der Waals surface area contributed by atoms with Crippen LogP contribution in [0.5, 0.6) is 0 Å². The van der Waals surface area contributed by atoms with Gasteiger partial charge in [0.1, 0.15) is 11.2 Å². The van der Waals surface area contributed by atoms with Gasteiger partial charge in [-0.3, -0.25) is 4.79 Å². The van der Waals surface area contributed by atoms with Crippen molar-refractivity contribution < 1.29 is 28.6 Å². The second-order valence-corrected chi connectivity index (χ2v) is 11.2. The van der Waals surface area contributed by atoms with Gasteiger partial charge in [0.25, 0.3) is 0 Å².